The van der Waals surface area contributed by atoms with Crippen LogP contribution in [0.15, 0.2) is 31.0 Å². The first-order valence-corrected chi connectivity index (χ1v) is 8.17. The molecule has 130 valence electrons. The van der Waals surface area contributed by atoms with Crippen LogP contribution in [0.4, 0.5) is 10.6 Å². The van der Waals surface area contributed by atoms with E-state index < -0.39 is 0 Å². The molecule has 2 heterocycles. The molecule has 0 saturated carbocycles. The highest BCUT2D eigenvalue weighted by Gasteiger charge is 2.23. The van der Waals surface area contributed by atoms with Crippen molar-refractivity contribution >= 4 is 17.8 Å². The first-order valence-electron chi connectivity index (χ1n) is 8.17. The second kappa shape index (κ2) is 8.90. The van der Waals surface area contributed by atoms with Crippen LogP contribution in [0.2, 0.25) is 0 Å². The third kappa shape index (κ3) is 4.97. The molecule has 0 unspecified atom stereocenters. The van der Waals surface area contributed by atoms with E-state index in [0.29, 0.717) is 37.6 Å². The van der Waals surface area contributed by atoms with Crippen LogP contribution < -0.4 is 10.6 Å². The van der Waals surface area contributed by atoms with Gasteiger partial charge in [0.15, 0.2) is 0 Å². The number of aromatic nitrogens is 1. The number of pyridine rings is 1. The van der Waals surface area contributed by atoms with Crippen LogP contribution >= 0.6 is 0 Å². The Morgan fingerprint density at radius 3 is 2.88 bits per heavy atom. The average molecular weight is 332 g/mol. The fraction of sp³-hybridized carbons (Fsp3) is 0.471. The molecule has 7 nitrogen and oxygen atoms in total. The predicted molar refractivity (Wildman–Crippen MR) is 92.0 cm³/mol. The van der Waals surface area contributed by atoms with Crippen molar-refractivity contribution in [3.63, 3.8) is 0 Å². The lowest BCUT2D eigenvalue weighted by Gasteiger charge is -2.31. The molecule has 0 atom stereocenters. The molecule has 1 saturated heterocycles. The van der Waals surface area contributed by atoms with Crippen molar-refractivity contribution in [1.82, 2.24) is 15.2 Å². The molecule has 0 bridgehead atoms. The zero-order chi connectivity index (χ0) is 17.4. The maximum atomic E-state index is 12.0. The van der Waals surface area contributed by atoms with E-state index in [2.05, 4.69) is 22.2 Å². The molecule has 1 aliphatic heterocycles. The van der Waals surface area contributed by atoms with Crippen molar-refractivity contribution < 1.29 is 14.3 Å². The molecule has 0 spiro atoms. The summed E-state index contributed by atoms with van der Waals surface area (Å²) in [4.78, 5) is 29.6. The normalized spacial score (nSPS) is 14.8. The van der Waals surface area contributed by atoms with E-state index in [9.17, 15) is 9.59 Å². The molecular weight excluding hydrogens is 308 g/mol. The summed E-state index contributed by atoms with van der Waals surface area (Å²) in [6, 6.07) is 3.62. The van der Waals surface area contributed by atoms with Gasteiger partial charge in [0.2, 0.25) is 0 Å². The fourth-order valence-corrected chi connectivity index (χ4v) is 2.55. The number of ether oxygens (including phenoxy) is 1. The summed E-state index contributed by atoms with van der Waals surface area (Å²) >= 11 is 0. The molecule has 7 heteroatoms. The Morgan fingerprint density at radius 1 is 1.46 bits per heavy atom. The number of carbonyl (C=O) groups is 2. The van der Waals surface area contributed by atoms with E-state index in [4.69, 9.17) is 4.74 Å². The first-order chi connectivity index (χ1) is 11.6. The van der Waals surface area contributed by atoms with Crippen molar-refractivity contribution in [2.24, 2.45) is 0 Å². The summed E-state index contributed by atoms with van der Waals surface area (Å²) in [6.07, 6.45) is 4.62. The molecule has 0 aromatic carbocycles. The lowest BCUT2D eigenvalue weighted by Crippen LogP contribution is -2.42. The maximum absolute atomic E-state index is 12.0. The maximum Gasteiger partial charge on any atom is 0.409 e. The molecule has 2 rings (SSSR count). The number of hydrogen-bond acceptors (Lipinski definition) is 5. The van der Waals surface area contributed by atoms with Gasteiger partial charge in [-0.15, -0.1) is 6.58 Å². The quantitative estimate of drug-likeness (QED) is 0.779. The van der Waals surface area contributed by atoms with E-state index in [-0.39, 0.29) is 18.0 Å². The number of hydrogen-bond donors (Lipinski definition) is 2. The van der Waals surface area contributed by atoms with Crippen LogP contribution in [0.5, 0.6) is 0 Å². The Hall–Kier alpha value is -2.57. The number of nitrogens with one attached hydrogen (secondary N) is 2. The summed E-state index contributed by atoms with van der Waals surface area (Å²) in [6.45, 7) is 7.49. The van der Waals surface area contributed by atoms with Gasteiger partial charge >= 0.3 is 6.09 Å². The minimum Gasteiger partial charge on any atom is -0.450 e. The van der Waals surface area contributed by atoms with Crippen molar-refractivity contribution in [2.45, 2.75) is 25.8 Å². The van der Waals surface area contributed by atoms with Gasteiger partial charge in [-0.2, -0.15) is 0 Å². The van der Waals surface area contributed by atoms with Crippen LogP contribution in [-0.4, -0.2) is 54.2 Å². The monoisotopic (exact) mass is 332 g/mol. The van der Waals surface area contributed by atoms with Gasteiger partial charge in [0, 0.05) is 37.4 Å². The summed E-state index contributed by atoms with van der Waals surface area (Å²) in [7, 11) is 0. The molecule has 24 heavy (non-hydrogen) atoms. The van der Waals surface area contributed by atoms with Crippen molar-refractivity contribution in [3.8, 4) is 0 Å². The minimum atomic E-state index is -0.255. The van der Waals surface area contributed by atoms with Crippen molar-refractivity contribution in [3.05, 3.63) is 36.5 Å². The topological polar surface area (TPSA) is 83.6 Å². The lowest BCUT2D eigenvalue weighted by molar-refractivity contribution is 0.0954. The van der Waals surface area contributed by atoms with Gasteiger partial charge in [-0.25, -0.2) is 9.78 Å². The summed E-state index contributed by atoms with van der Waals surface area (Å²) in [5.41, 5.74) is 0.554. The smallest absolute Gasteiger partial charge is 0.409 e. The van der Waals surface area contributed by atoms with Gasteiger partial charge < -0.3 is 20.3 Å². The predicted octanol–water partition coefficient (Wildman–Crippen LogP) is 2.03. The van der Waals surface area contributed by atoms with Crippen molar-refractivity contribution in [1.29, 1.82) is 0 Å². The Morgan fingerprint density at radius 2 is 2.21 bits per heavy atom. The average Bonchev–Trinajstić information content (AvgIpc) is 2.60. The largest absolute Gasteiger partial charge is 0.450 e. The SMILES string of the molecule is C=CCNC(=O)c1ccnc(NC2CCN(C(=O)OCC)CC2)c1. The first kappa shape index (κ1) is 17.8. The second-order valence-corrected chi connectivity index (χ2v) is 5.53. The molecular formula is C17H24N4O3. The molecule has 0 aliphatic carbocycles. The Balaban J connectivity index is 1.87. The Labute approximate surface area is 142 Å². The molecule has 0 radical (unpaired) electrons. The van der Waals surface area contributed by atoms with E-state index >= 15 is 0 Å². The molecule has 1 aromatic heterocycles. The number of amides is 2. The minimum absolute atomic E-state index is 0.155. The highest BCUT2D eigenvalue weighted by atomic mass is 16.6. The summed E-state index contributed by atoms with van der Waals surface area (Å²) in [5, 5.41) is 6.07. The van der Waals surface area contributed by atoms with Gasteiger partial charge in [-0.3, -0.25) is 4.79 Å². The third-order valence-electron chi connectivity index (χ3n) is 3.80. The molecule has 1 aromatic rings. The van der Waals surface area contributed by atoms with Gasteiger partial charge in [-0.1, -0.05) is 6.08 Å². The number of likely N-dealkylation sites (tertiary alicyclic amines) is 1. The molecule has 2 amide bonds. The van der Waals surface area contributed by atoms with Gasteiger partial charge in [0.1, 0.15) is 5.82 Å². The molecule has 1 aliphatic rings. The third-order valence-corrected chi connectivity index (χ3v) is 3.80. The standard InChI is InChI=1S/C17H24N4O3/c1-3-8-19-16(22)13-5-9-18-15(12-13)20-14-6-10-21(11-7-14)17(23)24-4-2/h3,5,9,12,14H,1,4,6-8,10-11H2,2H3,(H,18,20)(H,19,22). The van der Waals surface area contributed by atoms with Crippen LogP contribution in [0, 0.1) is 0 Å². The number of rotatable bonds is 6. The van der Waals surface area contributed by atoms with Crippen LogP contribution in [0.25, 0.3) is 0 Å². The Kier molecular flexibility index (Phi) is 6.60. The lowest BCUT2D eigenvalue weighted by atomic mass is 10.1. The summed E-state index contributed by atoms with van der Waals surface area (Å²) in [5.74, 6) is 0.508. The van der Waals surface area contributed by atoms with Gasteiger partial charge in [0.05, 0.1) is 6.61 Å². The second-order valence-electron chi connectivity index (χ2n) is 5.53. The summed E-state index contributed by atoms with van der Waals surface area (Å²) < 4.78 is 5.01. The van der Waals surface area contributed by atoms with E-state index in [1.54, 1.807) is 36.2 Å². The number of piperidine rings is 1. The zero-order valence-electron chi connectivity index (χ0n) is 14.0. The van der Waals surface area contributed by atoms with Gasteiger partial charge in [-0.05, 0) is 31.9 Å². The number of carbonyl (C=O) groups excluding carboxylic acids is 2. The Bertz CT molecular complexity index is 583. The number of nitrogens with zero attached hydrogens (tertiary/aromatic N) is 2. The van der Waals surface area contributed by atoms with E-state index in [1.807, 2.05) is 0 Å². The fourth-order valence-electron chi connectivity index (χ4n) is 2.55. The highest BCUT2D eigenvalue weighted by Crippen LogP contribution is 2.16. The molecule has 2 N–H and O–H groups in total. The zero-order valence-corrected chi connectivity index (χ0v) is 14.0. The van der Waals surface area contributed by atoms with E-state index in [1.165, 1.54) is 0 Å². The van der Waals surface area contributed by atoms with Crippen LogP contribution in [0.3, 0.4) is 0 Å². The van der Waals surface area contributed by atoms with Crippen molar-refractivity contribution in [2.75, 3.05) is 31.6 Å². The van der Waals surface area contributed by atoms with E-state index in [0.717, 1.165) is 12.8 Å². The van der Waals surface area contributed by atoms with Crippen LogP contribution in [0.1, 0.15) is 30.1 Å². The van der Waals surface area contributed by atoms with Crippen LogP contribution in [-0.2, 0) is 4.74 Å². The highest BCUT2D eigenvalue weighted by molar-refractivity contribution is 5.94. The molecule has 1 fully saturated rings. The van der Waals surface area contributed by atoms with Gasteiger partial charge in [0.25, 0.3) is 5.91 Å². The number of anilines is 1.